The van der Waals surface area contributed by atoms with Gasteiger partial charge < -0.3 is 14.1 Å². The maximum Gasteiger partial charge on any atom is 0.305 e. The Balaban J connectivity index is 2.51. The molecule has 0 fully saturated rings. The first-order valence-electron chi connectivity index (χ1n) is 5.85. The molecule has 0 aliphatic heterocycles. The van der Waals surface area contributed by atoms with E-state index >= 15 is 0 Å². The first-order valence-corrected chi connectivity index (χ1v) is 5.85. The molecule has 0 saturated carbocycles. The van der Waals surface area contributed by atoms with E-state index in [1.54, 1.807) is 31.9 Å². The lowest BCUT2D eigenvalue weighted by Crippen LogP contribution is -2.28. The van der Waals surface area contributed by atoms with Crippen molar-refractivity contribution in [1.29, 1.82) is 0 Å². The molecule has 0 aliphatic rings. The molecule has 0 unspecified atom stereocenters. The molecule has 0 N–H and O–H groups in total. The highest BCUT2D eigenvalue weighted by molar-refractivity contribution is 5.95. The van der Waals surface area contributed by atoms with Gasteiger partial charge in [-0.3, -0.25) is 9.59 Å². The van der Waals surface area contributed by atoms with Gasteiger partial charge in [0.05, 0.1) is 12.7 Å². The van der Waals surface area contributed by atoms with Gasteiger partial charge in [-0.25, -0.2) is 0 Å². The molecular formula is C13H19NO4. The fourth-order valence-electron chi connectivity index (χ4n) is 1.71. The second-order valence-electron chi connectivity index (χ2n) is 4.23. The van der Waals surface area contributed by atoms with Crippen LogP contribution in [0.3, 0.4) is 0 Å². The second-order valence-corrected chi connectivity index (χ2v) is 4.23. The highest BCUT2D eigenvalue weighted by Gasteiger charge is 2.17. The van der Waals surface area contributed by atoms with E-state index < -0.39 is 0 Å². The summed E-state index contributed by atoms with van der Waals surface area (Å²) in [6, 6.07) is 1.73. The molecule has 5 heteroatoms. The summed E-state index contributed by atoms with van der Waals surface area (Å²) >= 11 is 0. The van der Waals surface area contributed by atoms with Crippen molar-refractivity contribution in [2.75, 3.05) is 20.7 Å². The largest absolute Gasteiger partial charge is 0.469 e. The molecule has 0 aromatic carbocycles. The van der Waals surface area contributed by atoms with Crippen LogP contribution in [0, 0.1) is 13.8 Å². The number of methoxy groups -OCH3 is 1. The first-order chi connectivity index (χ1) is 8.45. The van der Waals surface area contributed by atoms with Crippen LogP contribution in [-0.4, -0.2) is 37.5 Å². The van der Waals surface area contributed by atoms with Gasteiger partial charge in [-0.05, 0) is 26.3 Å². The van der Waals surface area contributed by atoms with Crippen LogP contribution in [0.4, 0.5) is 0 Å². The number of hydrogen-bond donors (Lipinski definition) is 0. The highest BCUT2D eigenvalue weighted by atomic mass is 16.5. The topological polar surface area (TPSA) is 59.8 Å². The van der Waals surface area contributed by atoms with Gasteiger partial charge in [0.2, 0.25) is 0 Å². The van der Waals surface area contributed by atoms with E-state index in [0.29, 0.717) is 30.7 Å². The Kier molecular flexibility index (Phi) is 4.95. The third kappa shape index (κ3) is 3.61. The first kappa shape index (κ1) is 14.3. The molecule has 1 amide bonds. The lowest BCUT2D eigenvalue weighted by atomic mass is 10.2. The minimum atomic E-state index is -0.258. The van der Waals surface area contributed by atoms with Crippen LogP contribution in [0.1, 0.15) is 34.7 Å². The number of aryl methyl sites for hydroxylation is 2. The summed E-state index contributed by atoms with van der Waals surface area (Å²) in [5.41, 5.74) is 0.577. The van der Waals surface area contributed by atoms with Crippen LogP contribution in [0.15, 0.2) is 10.5 Å². The number of ether oxygens (including phenoxy) is 1. The summed E-state index contributed by atoms with van der Waals surface area (Å²) in [4.78, 5) is 24.6. The molecule has 0 atom stereocenters. The van der Waals surface area contributed by atoms with Crippen molar-refractivity contribution >= 4 is 11.9 Å². The van der Waals surface area contributed by atoms with Crippen molar-refractivity contribution in [3.05, 3.63) is 23.2 Å². The van der Waals surface area contributed by atoms with Crippen molar-refractivity contribution in [2.45, 2.75) is 26.7 Å². The van der Waals surface area contributed by atoms with Crippen LogP contribution in [-0.2, 0) is 9.53 Å². The number of amides is 1. The zero-order valence-corrected chi connectivity index (χ0v) is 11.3. The summed E-state index contributed by atoms with van der Waals surface area (Å²) in [5.74, 6) is 0.997. The van der Waals surface area contributed by atoms with Gasteiger partial charge in [0.15, 0.2) is 0 Å². The van der Waals surface area contributed by atoms with Gasteiger partial charge in [0.1, 0.15) is 11.5 Å². The van der Waals surface area contributed by atoms with Crippen molar-refractivity contribution in [2.24, 2.45) is 0 Å². The van der Waals surface area contributed by atoms with Crippen LogP contribution in [0.25, 0.3) is 0 Å². The molecule has 1 heterocycles. The lowest BCUT2D eigenvalue weighted by Gasteiger charge is -2.16. The molecule has 100 valence electrons. The molecule has 0 radical (unpaired) electrons. The van der Waals surface area contributed by atoms with Crippen molar-refractivity contribution in [1.82, 2.24) is 4.90 Å². The Morgan fingerprint density at radius 2 is 2.06 bits per heavy atom. The molecular weight excluding hydrogens is 234 g/mol. The number of hydrogen-bond acceptors (Lipinski definition) is 4. The number of furan rings is 1. The molecule has 0 saturated heterocycles. The van der Waals surface area contributed by atoms with E-state index in [0.717, 1.165) is 5.76 Å². The van der Waals surface area contributed by atoms with Crippen LogP contribution in [0.2, 0.25) is 0 Å². The van der Waals surface area contributed by atoms with Gasteiger partial charge in [-0.1, -0.05) is 0 Å². The number of esters is 1. The number of rotatable bonds is 5. The van der Waals surface area contributed by atoms with Crippen LogP contribution in [0.5, 0.6) is 0 Å². The van der Waals surface area contributed by atoms with Crippen molar-refractivity contribution < 1.29 is 18.7 Å². The molecule has 0 bridgehead atoms. The van der Waals surface area contributed by atoms with Gasteiger partial charge in [0, 0.05) is 20.0 Å². The summed E-state index contributed by atoms with van der Waals surface area (Å²) in [6.07, 6.45) is 0.905. The molecule has 1 rings (SSSR count). The van der Waals surface area contributed by atoms with E-state index in [-0.39, 0.29) is 11.9 Å². The summed E-state index contributed by atoms with van der Waals surface area (Å²) in [5, 5.41) is 0. The van der Waals surface area contributed by atoms with Gasteiger partial charge in [-0.15, -0.1) is 0 Å². The summed E-state index contributed by atoms with van der Waals surface area (Å²) < 4.78 is 9.87. The minimum absolute atomic E-state index is 0.0887. The molecule has 0 spiro atoms. The zero-order valence-electron chi connectivity index (χ0n) is 11.3. The Labute approximate surface area is 107 Å². The second kappa shape index (κ2) is 6.23. The average molecular weight is 253 g/mol. The number of nitrogens with zero attached hydrogens (tertiary/aromatic N) is 1. The monoisotopic (exact) mass is 253 g/mol. The third-order valence-electron chi connectivity index (χ3n) is 2.72. The minimum Gasteiger partial charge on any atom is -0.469 e. The smallest absolute Gasteiger partial charge is 0.305 e. The Bertz CT molecular complexity index is 436. The Morgan fingerprint density at radius 1 is 1.39 bits per heavy atom. The van der Waals surface area contributed by atoms with Crippen LogP contribution >= 0.6 is 0 Å². The van der Waals surface area contributed by atoms with E-state index in [1.807, 2.05) is 0 Å². The SMILES string of the molecule is COC(=O)CCCN(C)C(=O)c1cc(C)oc1C. The number of carbonyl (C=O) groups is 2. The van der Waals surface area contributed by atoms with Gasteiger partial charge in [0.25, 0.3) is 5.91 Å². The third-order valence-corrected chi connectivity index (χ3v) is 2.72. The lowest BCUT2D eigenvalue weighted by molar-refractivity contribution is -0.140. The Hall–Kier alpha value is -1.78. The molecule has 18 heavy (non-hydrogen) atoms. The standard InChI is InChI=1S/C13H19NO4/c1-9-8-11(10(2)18-9)13(16)14(3)7-5-6-12(15)17-4/h8H,5-7H2,1-4H3. The predicted octanol–water partition coefficient (Wildman–Crippen LogP) is 1.92. The molecule has 1 aromatic heterocycles. The highest BCUT2D eigenvalue weighted by Crippen LogP contribution is 2.15. The normalized spacial score (nSPS) is 10.2. The van der Waals surface area contributed by atoms with Gasteiger partial charge in [-0.2, -0.15) is 0 Å². The predicted molar refractivity (Wildman–Crippen MR) is 66.4 cm³/mol. The fourth-order valence-corrected chi connectivity index (χ4v) is 1.71. The number of carbonyl (C=O) groups excluding carboxylic acids is 2. The Morgan fingerprint density at radius 3 is 2.56 bits per heavy atom. The zero-order chi connectivity index (χ0) is 13.7. The average Bonchev–Trinajstić information content (AvgIpc) is 2.67. The quantitative estimate of drug-likeness (QED) is 0.752. The maximum atomic E-state index is 12.1. The van der Waals surface area contributed by atoms with E-state index in [9.17, 15) is 9.59 Å². The molecule has 1 aromatic rings. The molecule has 5 nitrogen and oxygen atoms in total. The van der Waals surface area contributed by atoms with Gasteiger partial charge >= 0.3 is 5.97 Å². The summed E-state index contributed by atoms with van der Waals surface area (Å²) in [7, 11) is 3.07. The van der Waals surface area contributed by atoms with Crippen molar-refractivity contribution in [3.8, 4) is 0 Å². The van der Waals surface area contributed by atoms with Crippen LogP contribution < -0.4 is 0 Å². The summed E-state index contributed by atoms with van der Waals surface area (Å²) in [6.45, 7) is 4.08. The van der Waals surface area contributed by atoms with E-state index in [2.05, 4.69) is 4.74 Å². The van der Waals surface area contributed by atoms with E-state index in [4.69, 9.17) is 4.42 Å². The maximum absolute atomic E-state index is 12.1. The van der Waals surface area contributed by atoms with Crippen molar-refractivity contribution in [3.63, 3.8) is 0 Å². The fraction of sp³-hybridized carbons (Fsp3) is 0.538. The van der Waals surface area contributed by atoms with E-state index in [1.165, 1.54) is 7.11 Å². The molecule has 0 aliphatic carbocycles.